The van der Waals surface area contributed by atoms with E-state index in [1.54, 1.807) is 11.8 Å². The fourth-order valence-electron chi connectivity index (χ4n) is 2.20. The summed E-state index contributed by atoms with van der Waals surface area (Å²) in [6.07, 6.45) is 0.356. The molecule has 1 saturated heterocycles. The van der Waals surface area contributed by atoms with E-state index >= 15 is 0 Å². The molecule has 1 rings (SSSR count). The van der Waals surface area contributed by atoms with Gasteiger partial charge in [-0.25, -0.2) is 0 Å². The molecule has 102 valence electrons. The summed E-state index contributed by atoms with van der Waals surface area (Å²) in [6, 6.07) is 0. The van der Waals surface area contributed by atoms with Gasteiger partial charge in [0.05, 0.1) is 10.8 Å². The first-order valence-electron chi connectivity index (χ1n) is 6.65. The molecule has 1 amide bonds. The molecule has 18 heavy (non-hydrogen) atoms. The minimum atomic E-state index is -0.729. The van der Waals surface area contributed by atoms with E-state index < -0.39 is 5.54 Å². The van der Waals surface area contributed by atoms with Crippen molar-refractivity contribution in [2.24, 2.45) is 0 Å². The van der Waals surface area contributed by atoms with Gasteiger partial charge in [0, 0.05) is 6.42 Å². The van der Waals surface area contributed by atoms with E-state index in [0.717, 1.165) is 7.28 Å². The summed E-state index contributed by atoms with van der Waals surface area (Å²) in [4.78, 5) is 24.6. The van der Waals surface area contributed by atoms with Crippen molar-refractivity contribution in [3.63, 3.8) is 0 Å². The normalized spacial score (nSPS) is 29.4. The van der Waals surface area contributed by atoms with Gasteiger partial charge in [-0.05, 0) is 17.5 Å². The van der Waals surface area contributed by atoms with Crippen molar-refractivity contribution in [2.45, 2.75) is 69.2 Å². The molecule has 1 N–H and O–H groups in total. The first-order chi connectivity index (χ1) is 8.14. The van der Waals surface area contributed by atoms with Crippen LogP contribution >= 0.6 is 11.8 Å². The second-order valence-corrected chi connectivity index (χ2v) is 7.94. The Labute approximate surface area is 115 Å². The summed E-state index contributed by atoms with van der Waals surface area (Å²) in [6.45, 7) is 12.1. The van der Waals surface area contributed by atoms with Crippen LogP contribution in [0.1, 0.15) is 41.0 Å². The zero-order valence-corrected chi connectivity index (χ0v) is 13.1. The Hall–Kier alpha value is -0.445. The monoisotopic (exact) mass is 269 g/mol. The molecule has 0 spiro atoms. The van der Waals surface area contributed by atoms with Crippen LogP contribution in [0.3, 0.4) is 0 Å². The van der Waals surface area contributed by atoms with Crippen LogP contribution in [0.15, 0.2) is 0 Å². The van der Waals surface area contributed by atoms with Gasteiger partial charge in [0.2, 0.25) is 5.91 Å². The number of carbonyl (C=O) groups is 2. The van der Waals surface area contributed by atoms with Crippen LogP contribution < -0.4 is 5.32 Å². The van der Waals surface area contributed by atoms with E-state index in [2.05, 4.69) is 12.1 Å². The van der Waals surface area contributed by atoms with Crippen LogP contribution in [0.2, 0.25) is 12.1 Å². The SMILES string of the molecule is CBC(C)(C)C1(C)NC(=O)C(SC(C)C)CC1=O. The second kappa shape index (κ2) is 5.28. The summed E-state index contributed by atoms with van der Waals surface area (Å²) in [5, 5.41) is 2.90. The molecular formula is C13H24BNO2S. The molecule has 2 unspecified atom stereocenters. The van der Waals surface area contributed by atoms with Crippen molar-refractivity contribution in [2.75, 3.05) is 0 Å². The summed E-state index contributed by atoms with van der Waals surface area (Å²) in [7, 11) is 0.859. The Balaban J connectivity index is 2.92. The molecule has 0 radical (unpaired) electrons. The predicted molar refractivity (Wildman–Crippen MR) is 79.7 cm³/mol. The standard InChI is InChI=1S/C13H24BNO2S/c1-8(2)18-9-7-10(16)13(5,15-11(9)17)12(3,4)14-6/h8-9,14H,7H2,1-6H3,(H,15,17). The molecule has 5 heteroatoms. The lowest BCUT2D eigenvalue weighted by atomic mass is 9.46. The quantitative estimate of drug-likeness (QED) is 0.794. The zero-order valence-electron chi connectivity index (χ0n) is 12.3. The molecule has 1 fully saturated rings. The van der Waals surface area contributed by atoms with Gasteiger partial charge in [-0.1, -0.05) is 34.5 Å². The lowest BCUT2D eigenvalue weighted by Crippen LogP contribution is -2.65. The van der Waals surface area contributed by atoms with Gasteiger partial charge in [-0.2, -0.15) is 0 Å². The average molecular weight is 269 g/mol. The number of rotatable bonds is 4. The molecule has 0 aromatic heterocycles. The van der Waals surface area contributed by atoms with Crippen molar-refractivity contribution in [1.82, 2.24) is 5.32 Å². The van der Waals surface area contributed by atoms with Crippen LogP contribution in [0.4, 0.5) is 0 Å². The molecule has 1 aliphatic heterocycles. The summed E-state index contributed by atoms with van der Waals surface area (Å²) < 4.78 is 0. The van der Waals surface area contributed by atoms with Crippen LogP contribution in [0.25, 0.3) is 0 Å². The highest BCUT2D eigenvalue weighted by Gasteiger charge is 2.51. The number of carbonyl (C=O) groups excluding carboxylic acids is 2. The van der Waals surface area contributed by atoms with Gasteiger partial charge in [0.15, 0.2) is 5.78 Å². The van der Waals surface area contributed by atoms with Gasteiger partial charge in [0.25, 0.3) is 0 Å². The maximum absolute atomic E-state index is 12.4. The topological polar surface area (TPSA) is 46.2 Å². The fourth-order valence-corrected chi connectivity index (χ4v) is 3.29. The minimum Gasteiger partial charge on any atom is -0.343 e. The van der Waals surface area contributed by atoms with E-state index in [1.165, 1.54) is 0 Å². The molecular weight excluding hydrogens is 245 g/mol. The molecule has 2 atom stereocenters. The minimum absolute atomic E-state index is 0.0114. The predicted octanol–water partition coefficient (Wildman–Crippen LogP) is 2.03. The fraction of sp³-hybridized carbons (Fsp3) is 0.846. The van der Waals surface area contributed by atoms with Crippen molar-refractivity contribution >= 4 is 30.7 Å². The number of ketones is 1. The molecule has 0 saturated carbocycles. The van der Waals surface area contributed by atoms with Gasteiger partial charge in [0.1, 0.15) is 7.28 Å². The number of thioether (sulfide) groups is 1. The van der Waals surface area contributed by atoms with E-state index in [4.69, 9.17) is 0 Å². The van der Waals surface area contributed by atoms with Crippen LogP contribution in [0.5, 0.6) is 0 Å². The highest BCUT2D eigenvalue weighted by atomic mass is 32.2. The molecule has 0 bridgehead atoms. The average Bonchev–Trinajstić information content (AvgIpc) is 2.25. The highest BCUT2D eigenvalue weighted by Crippen LogP contribution is 2.42. The maximum atomic E-state index is 12.4. The number of amides is 1. The molecule has 1 heterocycles. The van der Waals surface area contributed by atoms with Crippen molar-refractivity contribution < 1.29 is 9.59 Å². The van der Waals surface area contributed by atoms with E-state index in [0.29, 0.717) is 11.7 Å². The largest absolute Gasteiger partial charge is 0.343 e. The Bertz CT molecular complexity index is 357. The van der Waals surface area contributed by atoms with Crippen LogP contribution in [-0.2, 0) is 9.59 Å². The van der Waals surface area contributed by atoms with Crippen molar-refractivity contribution in [1.29, 1.82) is 0 Å². The van der Waals surface area contributed by atoms with E-state index in [9.17, 15) is 9.59 Å². The van der Waals surface area contributed by atoms with Gasteiger partial charge in [-0.3, -0.25) is 9.59 Å². The third kappa shape index (κ3) is 2.76. The second-order valence-electron chi connectivity index (χ2n) is 6.15. The third-order valence-electron chi connectivity index (χ3n) is 4.27. The third-order valence-corrected chi connectivity index (χ3v) is 5.52. The van der Waals surface area contributed by atoms with Crippen LogP contribution in [0, 0.1) is 0 Å². The van der Waals surface area contributed by atoms with Crippen molar-refractivity contribution in [3.8, 4) is 0 Å². The van der Waals surface area contributed by atoms with Gasteiger partial charge in [-0.15, -0.1) is 11.8 Å². The van der Waals surface area contributed by atoms with Gasteiger partial charge >= 0.3 is 0 Å². The summed E-state index contributed by atoms with van der Waals surface area (Å²) in [5.74, 6) is 0.171. The molecule has 3 nitrogen and oxygen atoms in total. The number of Topliss-reactive ketones (excluding diaryl/α,β-unsaturated/α-hetero) is 1. The number of hydrogen-bond donors (Lipinski definition) is 1. The highest BCUT2D eigenvalue weighted by molar-refractivity contribution is 8.01. The first kappa shape index (κ1) is 15.6. The first-order valence-corrected chi connectivity index (χ1v) is 7.59. The van der Waals surface area contributed by atoms with Crippen LogP contribution in [-0.4, -0.2) is 35.0 Å². The summed E-state index contributed by atoms with van der Waals surface area (Å²) in [5.41, 5.74) is -0.729. The zero-order chi connectivity index (χ0) is 14.1. The van der Waals surface area contributed by atoms with Gasteiger partial charge < -0.3 is 5.32 Å². The molecule has 0 aliphatic carbocycles. The number of piperidine rings is 1. The molecule has 0 aromatic carbocycles. The summed E-state index contributed by atoms with van der Waals surface area (Å²) >= 11 is 1.57. The number of hydrogen-bond acceptors (Lipinski definition) is 3. The van der Waals surface area contributed by atoms with E-state index in [-0.39, 0.29) is 22.3 Å². The lowest BCUT2D eigenvalue weighted by molar-refractivity contribution is -0.137. The molecule has 0 aromatic rings. The Morgan fingerprint density at radius 1 is 1.44 bits per heavy atom. The Kier molecular flexibility index (Phi) is 4.58. The number of nitrogens with one attached hydrogen (secondary N) is 1. The molecule has 1 aliphatic rings. The maximum Gasteiger partial charge on any atom is 0.234 e. The van der Waals surface area contributed by atoms with E-state index in [1.807, 2.05) is 34.6 Å². The Morgan fingerprint density at radius 3 is 2.44 bits per heavy atom. The van der Waals surface area contributed by atoms with Crippen molar-refractivity contribution in [3.05, 3.63) is 0 Å². The Morgan fingerprint density at radius 2 is 2.00 bits per heavy atom. The lowest BCUT2D eigenvalue weighted by Gasteiger charge is -2.47. The smallest absolute Gasteiger partial charge is 0.234 e.